The summed E-state index contributed by atoms with van der Waals surface area (Å²) in [7, 11) is 0. The zero-order valence-corrected chi connectivity index (χ0v) is 16.0. The van der Waals surface area contributed by atoms with Gasteiger partial charge in [-0.2, -0.15) is 0 Å². The van der Waals surface area contributed by atoms with Crippen molar-refractivity contribution in [2.75, 3.05) is 11.5 Å². The number of aryl methyl sites for hydroxylation is 2. The van der Waals surface area contributed by atoms with Crippen LogP contribution in [0.25, 0.3) is 10.2 Å². The van der Waals surface area contributed by atoms with Crippen molar-refractivity contribution in [1.82, 2.24) is 4.98 Å². The molecule has 0 aliphatic carbocycles. The lowest BCUT2D eigenvalue weighted by Crippen LogP contribution is -2.31. The van der Waals surface area contributed by atoms with Gasteiger partial charge < -0.3 is 4.74 Å². The highest BCUT2D eigenvalue weighted by atomic mass is 32.1. The molecule has 138 valence electrons. The molecule has 1 aliphatic rings. The molecule has 1 aliphatic heterocycles. The van der Waals surface area contributed by atoms with E-state index in [1.54, 1.807) is 4.90 Å². The van der Waals surface area contributed by atoms with Gasteiger partial charge in [-0.1, -0.05) is 59.9 Å². The molecule has 0 unspecified atom stereocenters. The maximum absolute atomic E-state index is 13.2. The average molecular weight is 386 g/mol. The molecule has 0 saturated carbocycles. The number of fused-ring (bicyclic) bond motifs is 3. The molecule has 0 N–H and O–H groups in total. The molecule has 28 heavy (non-hydrogen) atoms. The van der Waals surface area contributed by atoms with E-state index in [0.717, 1.165) is 34.4 Å². The number of rotatable bonds is 3. The van der Waals surface area contributed by atoms with Crippen LogP contribution in [0.2, 0.25) is 0 Å². The molecule has 0 bridgehead atoms. The number of ether oxygens (including phenoxy) is 1. The normalized spacial score (nSPS) is 12.9. The number of amides is 1. The molecule has 0 saturated heterocycles. The Morgan fingerprint density at radius 3 is 2.18 bits per heavy atom. The Labute approximate surface area is 167 Å². The maximum Gasteiger partial charge on any atom is 0.274 e. The first kappa shape index (κ1) is 17.0. The van der Waals surface area contributed by atoms with E-state index in [9.17, 15) is 4.79 Å². The Morgan fingerprint density at radius 1 is 0.893 bits per heavy atom. The number of hydrogen-bond donors (Lipinski definition) is 0. The molecule has 0 atom stereocenters. The number of hydrogen-bond acceptors (Lipinski definition) is 4. The number of aromatic nitrogens is 1. The van der Waals surface area contributed by atoms with E-state index < -0.39 is 0 Å². The van der Waals surface area contributed by atoms with Crippen LogP contribution in [0.5, 0.6) is 5.19 Å². The summed E-state index contributed by atoms with van der Waals surface area (Å²) < 4.78 is 6.84. The van der Waals surface area contributed by atoms with Crippen molar-refractivity contribution in [1.29, 1.82) is 0 Å². The highest BCUT2D eigenvalue weighted by Gasteiger charge is 2.26. The van der Waals surface area contributed by atoms with Crippen LogP contribution in [0.1, 0.15) is 11.1 Å². The molecule has 4 aromatic rings. The molecular weight excluding hydrogens is 368 g/mol. The van der Waals surface area contributed by atoms with Crippen molar-refractivity contribution in [3.63, 3.8) is 0 Å². The van der Waals surface area contributed by atoms with Crippen molar-refractivity contribution in [2.45, 2.75) is 12.8 Å². The van der Waals surface area contributed by atoms with Crippen molar-refractivity contribution in [3.8, 4) is 5.19 Å². The van der Waals surface area contributed by atoms with Gasteiger partial charge in [0.05, 0.1) is 21.6 Å². The number of carbonyl (C=O) groups is 1. The highest BCUT2D eigenvalue weighted by molar-refractivity contribution is 7.20. The summed E-state index contributed by atoms with van der Waals surface area (Å²) in [5.41, 5.74) is 5.11. The number of anilines is 2. The predicted molar refractivity (Wildman–Crippen MR) is 113 cm³/mol. The Hall–Kier alpha value is -3.18. The van der Waals surface area contributed by atoms with E-state index in [1.165, 1.54) is 22.5 Å². The Kier molecular flexibility index (Phi) is 4.29. The smallest absolute Gasteiger partial charge is 0.274 e. The minimum absolute atomic E-state index is 0.0531. The SMILES string of the molecule is O=C(COc1nc2ccccc2s1)N1c2ccccc2CCc2ccccc21. The monoisotopic (exact) mass is 386 g/mol. The van der Waals surface area contributed by atoms with Crippen LogP contribution < -0.4 is 9.64 Å². The Bertz CT molecular complexity index is 1090. The molecule has 5 heteroatoms. The van der Waals surface area contributed by atoms with Crippen LogP contribution in [0, 0.1) is 0 Å². The van der Waals surface area contributed by atoms with E-state index in [1.807, 2.05) is 60.7 Å². The first-order chi connectivity index (χ1) is 13.8. The van der Waals surface area contributed by atoms with Gasteiger partial charge in [-0.25, -0.2) is 4.98 Å². The molecule has 4 nitrogen and oxygen atoms in total. The third-order valence-electron chi connectivity index (χ3n) is 4.97. The van der Waals surface area contributed by atoms with Crippen molar-refractivity contribution >= 4 is 38.8 Å². The molecule has 0 spiro atoms. The van der Waals surface area contributed by atoms with E-state index in [2.05, 4.69) is 17.1 Å². The van der Waals surface area contributed by atoms with E-state index in [-0.39, 0.29) is 12.5 Å². The first-order valence-electron chi connectivity index (χ1n) is 9.27. The molecular formula is C23H18N2O2S. The molecule has 5 rings (SSSR count). The summed E-state index contributed by atoms with van der Waals surface area (Å²) in [5.74, 6) is -0.0962. The van der Waals surface area contributed by atoms with Crippen LogP contribution in [0.4, 0.5) is 11.4 Å². The Balaban J connectivity index is 1.46. The third-order valence-corrected chi connectivity index (χ3v) is 5.92. The lowest BCUT2D eigenvalue weighted by molar-refractivity contribution is -0.119. The number of nitrogens with zero attached hydrogens (tertiary/aromatic N) is 2. The van der Waals surface area contributed by atoms with Gasteiger partial charge in [0.25, 0.3) is 11.1 Å². The first-order valence-corrected chi connectivity index (χ1v) is 10.1. The number of benzene rings is 3. The van der Waals surface area contributed by atoms with Gasteiger partial charge in [0.2, 0.25) is 0 Å². The van der Waals surface area contributed by atoms with Crippen LogP contribution in [0.3, 0.4) is 0 Å². The zero-order valence-electron chi connectivity index (χ0n) is 15.2. The summed E-state index contributed by atoms with van der Waals surface area (Å²) in [4.78, 5) is 19.5. The van der Waals surface area contributed by atoms with E-state index in [0.29, 0.717) is 5.19 Å². The average Bonchev–Trinajstić information content (AvgIpc) is 3.07. The maximum atomic E-state index is 13.2. The minimum atomic E-state index is -0.0962. The van der Waals surface area contributed by atoms with E-state index >= 15 is 0 Å². The quantitative estimate of drug-likeness (QED) is 0.490. The minimum Gasteiger partial charge on any atom is -0.460 e. The van der Waals surface area contributed by atoms with Crippen LogP contribution >= 0.6 is 11.3 Å². The lowest BCUT2D eigenvalue weighted by Gasteiger charge is -2.24. The molecule has 2 heterocycles. The van der Waals surface area contributed by atoms with Gasteiger partial charge in [0.15, 0.2) is 6.61 Å². The van der Waals surface area contributed by atoms with Crippen LogP contribution in [-0.4, -0.2) is 17.5 Å². The topological polar surface area (TPSA) is 42.4 Å². The molecule has 0 radical (unpaired) electrons. The number of thiazole rings is 1. The van der Waals surface area contributed by atoms with Crippen molar-refractivity contribution in [3.05, 3.63) is 83.9 Å². The summed E-state index contributed by atoms with van der Waals surface area (Å²) in [6.07, 6.45) is 1.82. The fourth-order valence-electron chi connectivity index (χ4n) is 3.65. The summed E-state index contributed by atoms with van der Waals surface area (Å²) >= 11 is 1.46. The standard InChI is InChI=1S/C23H18N2O2S/c26-22(15-27-23-24-18-9-3-6-12-21(18)28-23)25-19-10-4-1-7-16(19)13-14-17-8-2-5-11-20(17)25/h1-12H,13-15H2. The van der Waals surface area contributed by atoms with Gasteiger partial charge in [-0.15, -0.1) is 0 Å². The third kappa shape index (κ3) is 3.04. The molecule has 0 fully saturated rings. The van der Waals surface area contributed by atoms with Crippen molar-refractivity contribution in [2.24, 2.45) is 0 Å². The van der Waals surface area contributed by atoms with Gasteiger partial charge in [0.1, 0.15) is 0 Å². The summed E-state index contributed by atoms with van der Waals surface area (Å²) in [6.45, 7) is -0.0531. The van der Waals surface area contributed by atoms with Gasteiger partial charge >= 0.3 is 0 Å². The molecule has 1 aromatic heterocycles. The fourth-order valence-corrected chi connectivity index (χ4v) is 4.46. The molecule has 1 amide bonds. The van der Waals surface area contributed by atoms with E-state index in [4.69, 9.17) is 4.74 Å². The second kappa shape index (κ2) is 7.09. The Morgan fingerprint density at radius 2 is 1.50 bits per heavy atom. The van der Waals surface area contributed by atoms with Gasteiger partial charge in [-0.05, 0) is 48.2 Å². The number of para-hydroxylation sites is 3. The molecule has 3 aromatic carbocycles. The van der Waals surface area contributed by atoms with Crippen molar-refractivity contribution < 1.29 is 9.53 Å². The zero-order chi connectivity index (χ0) is 18.9. The van der Waals surface area contributed by atoms with Crippen LogP contribution in [-0.2, 0) is 17.6 Å². The van der Waals surface area contributed by atoms with Gasteiger partial charge in [0, 0.05) is 0 Å². The predicted octanol–water partition coefficient (Wildman–Crippen LogP) is 5.14. The largest absolute Gasteiger partial charge is 0.460 e. The second-order valence-corrected chi connectivity index (χ2v) is 7.72. The highest BCUT2D eigenvalue weighted by Crippen LogP contribution is 2.36. The summed E-state index contributed by atoms with van der Waals surface area (Å²) in [6, 6.07) is 24.1. The fraction of sp³-hybridized carbons (Fsp3) is 0.130. The number of carbonyl (C=O) groups excluding carboxylic acids is 1. The van der Waals surface area contributed by atoms with Gasteiger partial charge in [-0.3, -0.25) is 9.69 Å². The summed E-state index contributed by atoms with van der Waals surface area (Å²) in [5, 5.41) is 0.519. The lowest BCUT2D eigenvalue weighted by atomic mass is 10.0. The van der Waals surface area contributed by atoms with Crippen LogP contribution in [0.15, 0.2) is 72.8 Å². The second-order valence-electron chi connectivity index (χ2n) is 6.72.